The predicted octanol–water partition coefficient (Wildman–Crippen LogP) is 6.77. The van der Waals surface area contributed by atoms with Crippen molar-refractivity contribution in [2.75, 3.05) is 0 Å². The van der Waals surface area contributed by atoms with Crippen LogP contribution in [0, 0.1) is 12.8 Å². The second-order valence-electron chi connectivity index (χ2n) is 7.65. The van der Waals surface area contributed by atoms with Crippen LogP contribution in [0.25, 0.3) is 17.2 Å². The Balaban J connectivity index is 2.16. The van der Waals surface area contributed by atoms with Crippen LogP contribution in [0.5, 0.6) is 0 Å². The molecule has 23 heavy (non-hydrogen) atoms. The highest BCUT2D eigenvalue weighted by Gasteiger charge is 2.20. The number of fused-ring (bicyclic) bond motifs is 1. The van der Waals surface area contributed by atoms with E-state index in [1.807, 2.05) is 0 Å². The molecule has 1 aliphatic carbocycles. The number of hydrogen-bond acceptors (Lipinski definition) is 0. The topological polar surface area (TPSA) is 0 Å². The summed E-state index contributed by atoms with van der Waals surface area (Å²) in [6, 6.07) is 13.6. The van der Waals surface area contributed by atoms with Gasteiger partial charge in [0.2, 0.25) is 0 Å². The lowest BCUT2D eigenvalue weighted by atomic mass is 9.87. The fourth-order valence-corrected chi connectivity index (χ4v) is 3.83. The van der Waals surface area contributed by atoms with Gasteiger partial charge in [-0.1, -0.05) is 75.7 Å². The molecule has 2 aromatic carbocycles. The highest BCUT2D eigenvalue weighted by molar-refractivity contribution is 5.84. The molecule has 0 bridgehead atoms. The van der Waals surface area contributed by atoms with Gasteiger partial charge >= 0.3 is 0 Å². The molecule has 0 atom stereocenters. The first-order chi connectivity index (χ1) is 11.0. The molecule has 0 heterocycles. The highest BCUT2D eigenvalue weighted by Crippen LogP contribution is 2.40. The zero-order chi connectivity index (χ0) is 16.6. The Hall–Kier alpha value is -1.82. The van der Waals surface area contributed by atoms with Crippen molar-refractivity contribution in [1.29, 1.82) is 0 Å². The van der Waals surface area contributed by atoms with E-state index in [9.17, 15) is 0 Å². The summed E-state index contributed by atoms with van der Waals surface area (Å²) < 4.78 is 0. The van der Waals surface area contributed by atoms with E-state index < -0.39 is 0 Å². The van der Waals surface area contributed by atoms with Crippen LogP contribution in [-0.4, -0.2) is 0 Å². The largest absolute Gasteiger partial charge is 0.0649 e. The molecule has 0 fully saturated rings. The molecule has 0 saturated carbocycles. The van der Waals surface area contributed by atoms with E-state index >= 15 is 0 Å². The normalized spacial score (nSPS) is 13.6. The molecule has 120 valence electrons. The third-order valence-corrected chi connectivity index (χ3v) is 4.83. The van der Waals surface area contributed by atoms with Crippen molar-refractivity contribution < 1.29 is 0 Å². The molecule has 0 spiro atoms. The molecular formula is C23H28. The summed E-state index contributed by atoms with van der Waals surface area (Å²) in [5.41, 5.74) is 10.3. The van der Waals surface area contributed by atoms with Gasteiger partial charge in [-0.05, 0) is 65.0 Å². The van der Waals surface area contributed by atoms with E-state index in [-0.39, 0.29) is 0 Å². The van der Waals surface area contributed by atoms with Crippen molar-refractivity contribution in [3.8, 4) is 11.1 Å². The summed E-state index contributed by atoms with van der Waals surface area (Å²) in [6.45, 7) is 11.4. The number of allylic oxidation sites excluding steroid dienone is 1. The Bertz CT molecular complexity index is 745. The van der Waals surface area contributed by atoms with Gasteiger partial charge in [0, 0.05) is 0 Å². The minimum absolute atomic E-state index is 0.543. The first-order valence-corrected chi connectivity index (χ1v) is 8.88. The molecule has 0 nitrogen and oxygen atoms in total. The van der Waals surface area contributed by atoms with Gasteiger partial charge < -0.3 is 0 Å². The Morgan fingerprint density at radius 3 is 2.39 bits per heavy atom. The minimum Gasteiger partial charge on any atom is -0.0649 e. The Labute approximate surface area is 141 Å². The second-order valence-corrected chi connectivity index (χ2v) is 7.65. The van der Waals surface area contributed by atoms with Gasteiger partial charge in [-0.15, -0.1) is 0 Å². The van der Waals surface area contributed by atoms with Crippen molar-refractivity contribution in [3.63, 3.8) is 0 Å². The van der Waals surface area contributed by atoms with Crippen LogP contribution in [0.15, 0.2) is 42.0 Å². The fraction of sp³-hybridized carbons (Fsp3) is 0.391. The third-order valence-electron chi connectivity index (χ3n) is 4.83. The van der Waals surface area contributed by atoms with Gasteiger partial charge in [0.05, 0.1) is 0 Å². The minimum atomic E-state index is 0.543. The summed E-state index contributed by atoms with van der Waals surface area (Å²) in [5.74, 6) is 1.27. The van der Waals surface area contributed by atoms with Crippen LogP contribution < -0.4 is 0 Å². The van der Waals surface area contributed by atoms with Crippen molar-refractivity contribution in [2.24, 2.45) is 5.92 Å². The quantitative estimate of drug-likeness (QED) is 0.584. The van der Waals surface area contributed by atoms with Crippen LogP contribution in [0.3, 0.4) is 0 Å². The van der Waals surface area contributed by atoms with E-state index in [1.165, 1.54) is 39.8 Å². The van der Waals surface area contributed by atoms with Crippen LogP contribution in [-0.2, 0) is 6.42 Å². The van der Waals surface area contributed by atoms with Gasteiger partial charge in [-0.3, -0.25) is 0 Å². The van der Waals surface area contributed by atoms with Crippen LogP contribution >= 0.6 is 0 Å². The molecule has 0 amide bonds. The van der Waals surface area contributed by atoms with Gasteiger partial charge in [0.15, 0.2) is 0 Å². The maximum Gasteiger partial charge on any atom is -0.00575 e. The second kappa shape index (κ2) is 6.35. The van der Waals surface area contributed by atoms with Crippen molar-refractivity contribution >= 4 is 6.08 Å². The summed E-state index contributed by atoms with van der Waals surface area (Å²) in [5, 5.41) is 0. The van der Waals surface area contributed by atoms with E-state index in [1.54, 1.807) is 5.57 Å². The van der Waals surface area contributed by atoms with Crippen molar-refractivity contribution in [3.05, 3.63) is 64.2 Å². The van der Waals surface area contributed by atoms with E-state index in [0.717, 1.165) is 12.3 Å². The Morgan fingerprint density at radius 2 is 1.70 bits per heavy atom. The molecule has 0 radical (unpaired) electrons. The number of aryl methyl sites for hydroxylation is 1. The maximum atomic E-state index is 2.47. The first kappa shape index (κ1) is 16.1. The number of hydrogen-bond donors (Lipinski definition) is 0. The van der Waals surface area contributed by atoms with Crippen LogP contribution in [0.1, 0.15) is 62.3 Å². The average molecular weight is 304 g/mol. The SMILES string of the molecule is Cc1ccc2c(c1-c1ccccc1C(C)C)C=C(CC(C)C)C2. The molecule has 0 heteroatoms. The Morgan fingerprint density at radius 1 is 0.957 bits per heavy atom. The standard InChI is InChI=1S/C23H28/c1-15(2)12-18-13-19-11-10-17(5)23(22(19)14-18)21-9-7-6-8-20(21)16(3)4/h6-11,14-16H,12-13H2,1-5H3. The molecule has 2 aromatic rings. The molecule has 0 N–H and O–H groups in total. The fourth-order valence-electron chi connectivity index (χ4n) is 3.83. The third kappa shape index (κ3) is 3.13. The molecule has 0 saturated heterocycles. The molecule has 0 unspecified atom stereocenters. The van der Waals surface area contributed by atoms with Gasteiger partial charge in [-0.25, -0.2) is 0 Å². The van der Waals surface area contributed by atoms with E-state index in [0.29, 0.717) is 5.92 Å². The van der Waals surface area contributed by atoms with Gasteiger partial charge in [-0.2, -0.15) is 0 Å². The summed E-state index contributed by atoms with van der Waals surface area (Å²) >= 11 is 0. The highest BCUT2D eigenvalue weighted by atomic mass is 14.2. The lowest BCUT2D eigenvalue weighted by Crippen LogP contribution is -1.97. The van der Waals surface area contributed by atoms with Crippen molar-refractivity contribution in [1.82, 2.24) is 0 Å². The smallest absolute Gasteiger partial charge is 0.00575 e. The van der Waals surface area contributed by atoms with Gasteiger partial charge in [0.25, 0.3) is 0 Å². The molecule has 0 aromatic heterocycles. The summed E-state index contributed by atoms with van der Waals surface area (Å²) in [4.78, 5) is 0. The molecule has 1 aliphatic rings. The zero-order valence-corrected chi connectivity index (χ0v) is 15.1. The van der Waals surface area contributed by atoms with E-state index in [4.69, 9.17) is 0 Å². The summed E-state index contributed by atoms with van der Waals surface area (Å²) in [7, 11) is 0. The molecular weight excluding hydrogens is 276 g/mol. The first-order valence-electron chi connectivity index (χ1n) is 8.88. The molecule has 3 rings (SSSR count). The zero-order valence-electron chi connectivity index (χ0n) is 15.1. The van der Waals surface area contributed by atoms with Crippen LogP contribution in [0.4, 0.5) is 0 Å². The van der Waals surface area contributed by atoms with Gasteiger partial charge in [0.1, 0.15) is 0 Å². The maximum absolute atomic E-state index is 2.47. The lowest BCUT2D eigenvalue weighted by molar-refractivity contribution is 0.638. The number of rotatable bonds is 4. The van der Waals surface area contributed by atoms with E-state index in [2.05, 4.69) is 77.1 Å². The number of benzene rings is 2. The van der Waals surface area contributed by atoms with Crippen LogP contribution in [0.2, 0.25) is 0 Å². The Kier molecular flexibility index (Phi) is 4.43. The molecule has 0 aliphatic heterocycles. The average Bonchev–Trinajstić information content (AvgIpc) is 2.88. The lowest BCUT2D eigenvalue weighted by Gasteiger charge is -2.17. The summed E-state index contributed by atoms with van der Waals surface area (Å²) in [6.07, 6.45) is 4.80. The monoisotopic (exact) mass is 304 g/mol. The van der Waals surface area contributed by atoms with Crippen molar-refractivity contribution in [2.45, 2.75) is 53.4 Å². The predicted molar refractivity (Wildman–Crippen MR) is 102 cm³/mol.